The first-order valence-corrected chi connectivity index (χ1v) is 13.0. The van der Waals surface area contributed by atoms with Gasteiger partial charge in [0.1, 0.15) is 11.6 Å². The van der Waals surface area contributed by atoms with Crippen molar-refractivity contribution >= 4 is 48.1 Å². The summed E-state index contributed by atoms with van der Waals surface area (Å²) in [7, 11) is -3.83. The molecule has 0 unspecified atom stereocenters. The lowest BCUT2D eigenvalue weighted by Crippen LogP contribution is -2.48. The standard InChI is InChI=1S/C21H22FN5O5S2/c22-15-1-4-17(5-2-15)34(31,32)14-20(28)23-7-8-25-9-11-26(12-10-25)21-24-18-6-3-16(27(29)30)13-19(18)33-21/h1-6,13H,7-12,14H2,(H,23,28). The second-order valence-corrected chi connectivity index (χ2v) is 10.8. The Hall–Kier alpha value is -3.16. The van der Waals surface area contributed by atoms with E-state index >= 15 is 0 Å². The number of halogens is 1. The Labute approximate surface area is 199 Å². The van der Waals surface area contributed by atoms with E-state index in [1.165, 1.54) is 23.5 Å². The van der Waals surface area contributed by atoms with Gasteiger partial charge in [-0.05, 0) is 30.3 Å². The molecule has 13 heteroatoms. The molecule has 10 nitrogen and oxygen atoms in total. The molecule has 0 aliphatic carbocycles. The molecule has 4 rings (SSSR count). The molecule has 2 aromatic carbocycles. The highest BCUT2D eigenvalue weighted by Gasteiger charge is 2.22. The number of piperazine rings is 1. The van der Waals surface area contributed by atoms with Gasteiger partial charge in [0.25, 0.3) is 5.69 Å². The fourth-order valence-electron chi connectivity index (χ4n) is 3.62. The second-order valence-electron chi connectivity index (χ2n) is 7.80. The van der Waals surface area contributed by atoms with Gasteiger partial charge >= 0.3 is 0 Å². The van der Waals surface area contributed by atoms with Crippen molar-refractivity contribution in [2.45, 2.75) is 4.90 Å². The van der Waals surface area contributed by atoms with Crippen molar-refractivity contribution in [3.8, 4) is 0 Å². The molecule has 0 saturated carbocycles. The van der Waals surface area contributed by atoms with Crippen LogP contribution in [0.2, 0.25) is 0 Å². The second kappa shape index (κ2) is 9.99. The van der Waals surface area contributed by atoms with Crippen LogP contribution in [0.4, 0.5) is 15.2 Å². The molecule has 1 saturated heterocycles. The number of nitrogens with zero attached hydrogens (tertiary/aromatic N) is 4. The third-order valence-corrected chi connectivity index (χ3v) is 8.17. The van der Waals surface area contributed by atoms with Gasteiger partial charge in [-0.1, -0.05) is 11.3 Å². The van der Waals surface area contributed by atoms with Crippen molar-refractivity contribution < 1.29 is 22.5 Å². The molecule has 1 aliphatic rings. The molecular formula is C21H22FN5O5S2. The Morgan fingerprint density at radius 2 is 1.85 bits per heavy atom. The molecular weight excluding hydrogens is 485 g/mol. The zero-order valence-electron chi connectivity index (χ0n) is 18.0. The van der Waals surface area contributed by atoms with Crippen LogP contribution < -0.4 is 10.2 Å². The Morgan fingerprint density at radius 3 is 2.53 bits per heavy atom. The van der Waals surface area contributed by atoms with Crippen LogP contribution in [0.15, 0.2) is 47.4 Å². The number of hydrogen-bond acceptors (Lipinski definition) is 9. The average Bonchev–Trinajstić information content (AvgIpc) is 3.23. The van der Waals surface area contributed by atoms with E-state index in [2.05, 4.69) is 20.1 Å². The molecule has 1 N–H and O–H groups in total. The van der Waals surface area contributed by atoms with E-state index in [-0.39, 0.29) is 10.6 Å². The Balaban J connectivity index is 1.23. The number of thiazole rings is 1. The van der Waals surface area contributed by atoms with Crippen LogP contribution in [-0.4, -0.2) is 74.2 Å². The summed E-state index contributed by atoms with van der Waals surface area (Å²) in [5.74, 6) is -1.84. The Bertz CT molecular complexity index is 1300. The lowest BCUT2D eigenvalue weighted by molar-refractivity contribution is -0.384. The summed E-state index contributed by atoms with van der Waals surface area (Å²) in [6, 6.07) is 9.01. The minimum absolute atomic E-state index is 0.0417. The number of anilines is 1. The van der Waals surface area contributed by atoms with Gasteiger partial charge in [-0.3, -0.25) is 19.8 Å². The van der Waals surface area contributed by atoms with E-state index in [0.29, 0.717) is 13.1 Å². The quantitative estimate of drug-likeness (QED) is 0.279. The zero-order valence-corrected chi connectivity index (χ0v) is 19.6. The normalized spacial score (nSPS) is 14.9. The maximum Gasteiger partial charge on any atom is 0.270 e. The number of nitro benzene ring substituents is 1. The van der Waals surface area contributed by atoms with Crippen molar-refractivity contribution in [1.29, 1.82) is 0 Å². The fourth-order valence-corrected chi connectivity index (χ4v) is 5.83. The number of sulfone groups is 1. The fraction of sp³-hybridized carbons (Fsp3) is 0.333. The summed E-state index contributed by atoms with van der Waals surface area (Å²) in [4.78, 5) is 31.4. The monoisotopic (exact) mass is 507 g/mol. The van der Waals surface area contributed by atoms with Gasteiger partial charge in [0.05, 0.1) is 20.0 Å². The van der Waals surface area contributed by atoms with Crippen molar-refractivity contribution in [3.63, 3.8) is 0 Å². The van der Waals surface area contributed by atoms with E-state index in [1.54, 1.807) is 6.07 Å². The van der Waals surface area contributed by atoms with E-state index in [1.807, 2.05) is 0 Å². The molecule has 1 amide bonds. The maximum atomic E-state index is 13.0. The zero-order chi connectivity index (χ0) is 24.3. The molecule has 34 heavy (non-hydrogen) atoms. The number of hydrogen-bond donors (Lipinski definition) is 1. The van der Waals surface area contributed by atoms with Crippen molar-refractivity contribution in [1.82, 2.24) is 15.2 Å². The summed E-state index contributed by atoms with van der Waals surface area (Å²) in [6.45, 7) is 3.79. The first-order valence-electron chi connectivity index (χ1n) is 10.5. The Morgan fingerprint density at radius 1 is 1.15 bits per heavy atom. The van der Waals surface area contributed by atoms with Crippen molar-refractivity contribution in [2.75, 3.05) is 49.9 Å². The summed E-state index contributed by atoms with van der Waals surface area (Å²) in [5.41, 5.74) is 0.770. The van der Waals surface area contributed by atoms with Crippen LogP contribution in [0.1, 0.15) is 0 Å². The van der Waals surface area contributed by atoms with E-state index < -0.39 is 32.2 Å². The molecule has 3 aromatic rings. The summed E-state index contributed by atoms with van der Waals surface area (Å²) in [5, 5.41) is 14.4. The largest absolute Gasteiger partial charge is 0.354 e. The topological polar surface area (TPSA) is 126 Å². The highest BCUT2D eigenvalue weighted by atomic mass is 32.2. The van der Waals surface area contributed by atoms with Gasteiger partial charge in [0.2, 0.25) is 5.91 Å². The van der Waals surface area contributed by atoms with E-state index in [0.717, 1.165) is 65.8 Å². The van der Waals surface area contributed by atoms with Crippen molar-refractivity contribution in [3.05, 3.63) is 58.4 Å². The summed E-state index contributed by atoms with van der Waals surface area (Å²) in [6.07, 6.45) is 0. The van der Waals surface area contributed by atoms with Crippen LogP contribution in [-0.2, 0) is 14.6 Å². The first kappa shape index (κ1) is 24.0. The van der Waals surface area contributed by atoms with E-state index in [4.69, 9.17) is 0 Å². The number of amides is 1. The van der Waals surface area contributed by atoms with Gasteiger partial charge < -0.3 is 10.2 Å². The van der Waals surface area contributed by atoms with Gasteiger partial charge in [-0.2, -0.15) is 0 Å². The minimum Gasteiger partial charge on any atom is -0.354 e. The molecule has 1 fully saturated rings. The SMILES string of the molecule is O=C(CS(=O)(=O)c1ccc(F)cc1)NCCN1CCN(c2nc3ccc([N+](=O)[O-])cc3s2)CC1. The molecule has 180 valence electrons. The van der Waals surface area contributed by atoms with Crippen LogP contribution in [0.25, 0.3) is 10.2 Å². The van der Waals surface area contributed by atoms with Crippen LogP contribution in [0.3, 0.4) is 0 Å². The van der Waals surface area contributed by atoms with Crippen LogP contribution in [0.5, 0.6) is 0 Å². The van der Waals surface area contributed by atoms with Gasteiger partial charge in [-0.15, -0.1) is 0 Å². The number of carbonyl (C=O) groups is 1. The Kier molecular flexibility index (Phi) is 7.05. The minimum atomic E-state index is -3.83. The predicted octanol–water partition coefficient (Wildman–Crippen LogP) is 2.06. The molecule has 0 radical (unpaired) electrons. The smallest absolute Gasteiger partial charge is 0.270 e. The highest BCUT2D eigenvalue weighted by molar-refractivity contribution is 7.92. The summed E-state index contributed by atoms with van der Waals surface area (Å²) >= 11 is 1.42. The number of aromatic nitrogens is 1. The first-order chi connectivity index (χ1) is 16.2. The molecule has 2 heterocycles. The number of rotatable bonds is 8. The number of nitro groups is 1. The van der Waals surface area contributed by atoms with Crippen LogP contribution in [0, 0.1) is 15.9 Å². The number of nitrogens with one attached hydrogen (secondary N) is 1. The molecule has 0 spiro atoms. The lowest BCUT2D eigenvalue weighted by atomic mass is 10.3. The third kappa shape index (κ3) is 5.66. The number of carbonyl (C=O) groups excluding carboxylic acids is 1. The van der Waals surface area contributed by atoms with Gasteiger partial charge in [0, 0.05) is 51.4 Å². The summed E-state index contributed by atoms with van der Waals surface area (Å²) < 4.78 is 38.3. The number of non-ortho nitro benzene ring substituents is 1. The molecule has 0 bridgehead atoms. The van der Waals surface area contributed by atoms with Gasteiger partial charge in [-0.25, -0.2) is 17.8 Å². The van der Waals surface area contributed by atoms with Gasteiger partial charge in [0.15, 0.2) is 15.0 Å². The van der Waals surface area contributed by atoms with Crippen molar-refractivity contribution in [2.24, 2.45) is 0 Å². The molecule has 1 aromatic heterocycles. The van der Waals surface area contributed by atoms with Crippen LogP contribution >= 0.6 is 11.3 Å². The highest BCUT2D eigenvalue weighted by Crippen LogP contribution is 2.31. The predicted molar refractivity (Wildman–Crippen MR) is 126 cm³/mol. The maximum absolute atomic E-state index is 13.0. The number of benzene rings is 2. The van der Waals surface area contributed by atoms with E-state index in [9.17, 15) is 27.7 Å². The number of fused-ring (bicyclic) bond motifs is 1. The molecule has 1 aliphatic heterocycles. The molecule has 0 atom stereocenters. The third-order valence-electron chi connectivity index (χ3n) is 5.46. The lowest BCUT2D eigenvalue weighted by Gasteiger charge is -2.34. The average molecular weight is 508 g/mol.